The highest BCUT2D eigenvalue weighted by molar-refractivity contribution is 7.89. The number of rotatable bonds is 4. The van der Waals surface area contributed by atoms with Crippen molar-refractivity contribution in [3.8, 4) is 0 Å². The third-order valence-electron chi connectivity index (χ3n) is 4.18. The van der Waals surface area contributed by atoms with Gasteiger partial charge in [0.15, 0.2) is 0 Å². The number of aryl methyl sites for hydroxylation is 1. The second-order valence-electron chi connectivity index (χ2n) is 6.00. The molecular weight excluding hydrogens is 318 g/mol. The number of benzene rings is 1. The summed E-state index contributed by atoms with van der Waals surface area (Å²) in [7, 11) is -4.01. The maximum atomic E-state index is 12.6. The van der Waals surface area contributed by atoms with Gasteiger partial charge in [0.1, 0.15) is 0 Å². The smallest absolute Gasteiger partial charge is 0.262 e. The summed E-state index contributed by atoms with van der Waals surface area (Å²) in [5, 5.41) is 8.79. The van der Waals surface area contributed by atoms with Gasteiger partial charge in [0, 0.05) is 37.8 Å². The number of amides is 1. The van der Waals surface area contributed by atoms with Crippen molar-refractivity contribution in [1.82, 2.24) is 14.7 Å². The van der Waals surface area contributed by atoms with Crippen LogP contribution in [0.4, 0.5) is 0 Å². The number of sulfonamides is 1. The van der Waals surface area contributed by atoms with Gasteiger partial charge in [-0.2, -0.15) is 0 Å². The van der Waals surface area contributed by atoms with Crippen molar-refractivity contribution in [1.29, 1.82) is 0 Å². The van der Waals surface area contributed by atoms with E-state index in [0.29, 0.717) is 30.3 Å². The summed E-state index contributed by atoms with van der Waals surface area (Å²) in [5.74, 6) is -0.192. The number of hydrogen-bond donors (Lipinski definition) is 2. The topological polar surface area (TPSA) is 90.0 Å². The molecule has 1 aromatic rings. The largest absolute Gasteiger partial charge is 0.336 e. The molecule has 1 aliphatic rings. The van der Waals surface area contributed by atoms with E-state index in [0.717, 1.165) is 13.1 Å². The van der Waals surface area contributed by atoms with Crippen LogP contribution in [0, 0.1) is 6.92 Å². The van der Waals surface area contributed by atoms with E-state index < -0.39 is 10.0 Å². The number of nitrogens with one attached hydrogen (secondary N) is 1. The predicted molar refractivity (Wildman–Crippen MR) is 85.9 cm³/mol. The summed E-state index contributed by atoms with van der Waals surface area (Å²) in [6.07, 6.45) is 0. The van der Waals surface area contributed by atoms with Crippen LogP contribution in [0.5, 0.6) is 0 Å². The second-order valence-corrected chi connectivity index (χ2v) is 7.63. The minimum Gasteiger partial charge on any atom is -0.336 e. The van der Waals surface area contributed by atoms with Gasteiger partial charge in [0.25, 0.3) is 15.9 Å². The van der Waals surface area contributed by atoms with Crippen LogP contribution in [0.3, 0.4) is 0 Å². The first-order valence-electron chi connectivity index (χ1n) is 7.56. The molecule has 0 aliphatic carbocycles. The predicted octanol–water partition coefficient (Wildman–Crippen LogP) is 0.829. The van der Waals surface area contributed by atoms with Gasteiger partial charge < -0.3 is 10.1 Å². The summed E-state index contributed by atoms with van der Waals surface area (Å²) in [4.78, 5) is 17.8. The zero-order valence-corrected chi connectivity index (χ0v) is 14.4. The molecule has 23 heavy (non-hydrogen) atoms. The van der Waals surface area contributed by atoms with Gasteiger partial charge in [0.05, 0.1) is 4.90 Å². The highest BCUT2D eigenvalue weighted by Gasteiger charge is 2.25. The molecule has 0 atom stereocenters. The highest BCUT2D eigenvalue weighted by atomic mass is 32.2. The molecule has 1 heterocycles. The molecule has 1 amide bonds. The molecule has 2 rings (SSSR count). The number of carbonyl (C=O) groups is 1. The van der Waals surface area contributed by atoms with Crippen LogP contribution >= 0.6 is 0 Å². The van der Waals surface area contributed by atoms with Crippen molar-refractivity contribution < 1.29 is 18.4 Å². The van der Waals surface area contributed by atoms with Crippen LogP contribution in [-0.4, -0.2) is 61.6 Å². The fourth-order valence-electron chi connectivity index (χ4n) is 2.70. The third kappa shape index (κ3) is 3.89. The highest BCUT2D eigenvalue weighted by Crippen LogP contribution is 2.19. The molecule has 1 aliphatic heterocycles. The Morgan fingerprint density at radius 1 is 1.22 bits per heavy atom. The summed E-state index contributed by atoms with van der Waals surface area (Å²) in [5.41, 5.74) is 0.773. The summed E-state index contributed by atoms with van der Waals surface area (Å²) < 4.78 is 23.6. The molecule has 1 aromatic carbocycles. The molecule has 2 N–H and O–H groups in total. The van der Waals surface area contributed by atoms with Gasteiger partial charge in [-0.05, 0) is 38.5 Å². The normalized spacial score (nSPS) is 16.8. The zero-order valence-electron chi connectivity index (χ0n) is 13.6. The molecule has 0 unspecified atom stereocenters. The first-order chi connectivity index (χ1) is 10.8. The Labute approximate surface area is 136 Å². The van der Waals surface area contributed by atoms with E-state index in [2.05, 4.69) is 18.7 Å². The average molecular weight is 341 g/mol. The van der Waals surface area contributed by atoms with E-state index in [-0.39, 0.29) is 10.8 Å². The van der Waals surface area contributed by atoms with Gasteiger partial charge >= 0.3 is 0 Å². The summed E-state index contributed by atoms with van der Waals surface area (Å²) >= 11 is 0. The number of nitrogens with zero attached hydrogens (tertiary/aromatic N) is 2. The quantitative estimate of drug-likeness (QED) is 0.792. The molecule has 128 valence electrons. The van der Waals surface area contributed by atoms with Gasteiger partial charge in [-0.25, -0.2) is 8.42 Å². The van der Waals surface area contributed by atoms with Crippen LogP contribution < -0.4 is 4.89 Å². The van der Waals surface area contributed by atoms with Crippen molar-refractivity contribution in [2.75, 3.05) is 26.2 Å². The van der Waals surface area contributed by atoms with Gasteiger partial charge in [-0.15, -0.1) is 0 Å². The Balaban J connectivity index is 2.20. The second kappa shape index (κ2) is 6.96. The summed E-state index contributed by atoms with van der Waals surface area (Å²) in [6, 6.07) is 4.94. The van der Waals surface area contributed by atoms with E-state index >= 15 is 0 Å². The van der Waals surface area contributed by atoms with E-state index in [1.165, 1.54) is 11.0 Å². The molecular formula is C15H23N3O4S. The maximum Gasteiger partial charge on any atom is 0.262 e. The number of carbonyl (C=O) groups excluding carboxylic acids is 1. The summed E-state index contributed by atoms with van der Waals surface area (Å²) in [6.45, 7) is 8.69. The van der Waals surface area contributed by atoms with E-state index in [1.807, 2.05) is 0 Å². The minimum atomic E-state index is -4.01. The Morgan fingerprint density at radius 3 is 2.35 bits per heavy atom. The van der Waals surface area contributed by atoms with Crippen molar-refractivity contribution in [3.05, 3.63) is 29.3 Å². The number of hydrogen-bond acceptors (Lipinski definition) is 5. The van der Waals surface area contributed by atoms with Crippen LogP contribution in [0.1, 0.15) is 29.8 Å². The van der Waals surface area contributed by atoms with Crippen molar-refractivity contribution >= 4 is 15.9 Å². The lowest BCUT2D eigenvalue weighted by Gasteiger charge is -2.37. The fraction of sp³-hybridized carbons (Fsp3) is 0.533. The van der Waals surface area contributed by atoms with E-state index in [4.69, 9.17) is 5.21 Å². The molecule has 7 nitrogen and oxygen atoms in total. The van der Waals surface area contributed by atoms with Gasteiger partial charge in [-0.3, -0.25) is 9.69 Å². The van der Waals surface area contributed by atoms with Crippen molar-refractivity contribution in [3.63, 3.8) is 0 Å². The molecule has 0 saturated carbocycles. The van der Waals surface area contributed by atoms with Gasteiger partial charge in [-0.1, -0.05) is 11.0 Å². The monoisotopic (exact) mass is 341 g/mol. The molecule has 0 radical (unpaired) electrons. The van der Waals surface area contributed by atoms with Crippen LogP contribution in [0.25, 0.3) is 0 Å². The molecule has 0 bridgehead atoms. The Bertz CT molecular complexity index is 680. The van der Waals surface area contributed by atoms with Gasteiger partial charge in [0.2, 0.25) is 0 Å². The lowest BCUT2D eigenvalue weighted by Crippen LogP contribution is -2.50. The minimum absolute atomic E-state index is 0.0910. The first-order valence-corrected chi connectivity index (χ1v) is 9.04. The molecule has 1 saturated heterocycles. The Morgan fingerprint density at radius 2 is 1.83 bits per heavy atom. The maximum absolute atomic E-state index is 12.6. The SMILES string of the molecule is Cc1ccc(C(=O)N2CCN(C(C)C)CC2)cc1S(=O)(=O)NO. The Hall–Kier alpha value is -1.48. The lowest BCUT2D eigenvalue weighted by molar-refractivity contribution is 0.0595. The fourth-order valence-corrected chi connectivity index (χ4v) is 3.57. The lowest BCUT2D eigenvalue weighted by atomic mass is 10.1. The van der Waals surface area contributed by atoms with E-state index in [1.54, 1.807) is 24.0 Å². The third-order valence-corrected chi connectivity index (χ3v) is 5.44. The van der Waals surface area contributed by atoms with Crippen LogP contribution in [0.15, 0.2) is 23.1 Å². The number of piperazine rings is 1. The molecule has 8 heteroatoms. The zero-order chi connectivity index (χ0) is 17.2. The standard InChI is InChI=1S/C15H23N3O4S/c1-11(2)17-6-8-18(9-7-17)15(19)13-5-4-12(3)14(10-13)23(21,22)16-20/h4-5,10-11,16,20H,6-9H2,1-3H3. The van der Waals surface area contributed by atoms with Crippen molar-refractivity contribution in [2.45, 2.75) is 31.7 Å². The van der Waals surface area contributed by atoms with Crippen LogP contribution in [-0.2, 0) is 10.0 Å². The Kier molecular flexibility index (Phi) is 5.41. The molecule has 0 spiro atoms. The first kappa shape index (κ1) is 17.9. The average Bonchev–Trinajstić information content (AvgIpc) is 2.54. The molecule has 1 fully saturated rings. The van der Waals surface area contributed by atoms with E-state index in [9.17, 15) is 13.2 Å². The molecule has 0 aromatic heterocycles. The van der Waals surface area contributed by atoms with Crippen molar-refractivity contribution in [2.24, 2.45) is 0 Å². The van der Waals surface area contributed by atoms with Crippen LogP contribution in [0.2, 0.25) is 0 Å².